The third-order valence-electron chi connectivity index (χ3n) is 3.35. The van der Waals surface area contributed by atoms with Gasteiger partial charge in [0.05, 0.1) is 5.56 Å². The van der Waals surface area contributed by atoms with Crippen LogP contribution in [-0.2, 0) is 0 Å². The van der Waals surface area contributed by atoms with E-state index in [2.05, 4.69) is 17.6 Å². The molecule has 1 aromatic rings. The summed E-state index contributed by atoms with van der Waals surface area (Å²) in [6, 6.07) is 5.74. The predicted octanol–water partition coefficient (Wildman–Crippen LogP) is 1.99. The molecule has 0 saturated carbocycles. The van der Waals surface area contributed by atoms with Crippen molar-refractivity contribution in [2.45, 2.75) is 31.8 Å². The van der Waals surface area contributed by atoms with Crippen LogP contribution in [0.4, 0.5) is 5.69 Å². The monoisotopic (exact) mass is 267 g/mol. The van der Waals surface area contributed by atoms with Crippen molar-refractivity contribution in [2.24, 2.45) is 5.73 Å². The molecule has 1 fully saturated rings. The number of rotatable bonds is 3. The molecule has 1 saturated heterocycles. The Labute approximate surface area is 112 Å². The Morgan fingerprint density at radius 1 is 1.56 bits per heavy atom. The molecule has 1 aliphatic rings. The summed E-state index contributed by atoms with van der Waals surface area (Å²) in [7, 11) is 0. The van der Waals surface area contributed by atoms with Crippen LogP contribution < -0.4 is 16.4 Å². The van der Waals surface area contributed by atoms with Crippen molar-refractivity contribution >= 4 is 23.2 Å². The molecule has 0 bridgehead atoms. The fourth-order valence-electron chi connectivity index (χ4n) is 2.29. The summed E-state index contributed by atoms with van der Waals surface area (Å²) in [5.41, 5.74) is 6.57. The largest absolute Gasteiger partial charge is 0.380 e. The van der Waals surface area contributed by atoms with E-state index in [4.69, 9.17) is 17.3 Å². The maximum absolute atomic E-state index is 11.4. The third-order valence-corrected chi connectivity index (χ3v) is 3.58. The molecule has 0 spiro atoms. The highest BCUT2D eigenvalue weighted by molar-refractivity contribution is 6.31. The Balaban J connectivity index is 2.21. The Bertz CT molecular complexity index is 450. The van der Waals surface area contributed by atoms with Crippen molar-refractivity contribution in [2.75, 3.05) is 11.9 Å². The zero-order valence-corrected chi connectivity index (χ0v) is 11.1. The number of amides is 1. The average Bonchev–Trinajstić information content (AvgIpc) is 2.32. The molecular formula is C13H18ClN3O. The van der Waals surface area contributed by atoms with Gasteiger partial charge < -0.3 is 16.4 Å². The molecule has 0 aliphatic carbocycles. The number of anilines is 1. The van der Waals surface area contributed by atoms with Gasteiger partial charge in [-0.05, 0) is 44.5 Å². The number of carbonyl (C=O) groups is 1. The minimum atomic E-state index is -0.439. The first-order valence-corrected chi connectivity index (χ1v) is 6.55. The zero-order chi connectivity index (χ0) is 13.1. The summed E-state index contributed by atoms with van der Waals surface area (Å²) in [5, 5.41) is 7.37. The Hall–Kier alpha value is -1.26. The Morgan fingerprint density at radius 2 is 2.33 bits per heavy atom. The second-order valence-corrected chi connectivity index (χ2v) is 5.13. The molecule has 98 valence electrons. The minimum Gasteiger partial charge on any atom is -0.380 e. The summed E-state index contributed by atoms with van der Waals surface area (Å²) >= 11 is 5.97. The van der Waals surface area contributed by atoms with E-state index < -0.39 is 5.91 Å². The van der Waals surface area contributed by atoms with Crippen LogP contribution in [0.3, 0.4) is 0 Å². The van der Waals surface area contributed by atoms with Crippen LogP contribution in [0.15, 0.2) is 18.2 Å². The molecule has 1 heterocycles. The molecule has 0 radical (unpaired) electrons. The topological polar surface area (TPSA) is 67.2 Å². The smallest absolute Gasteiger partial charge is 0.250 e. The molecule has 2 rings (SSSR count). The molecule has 2 unspecified atom stereocenters. The van der Waals surface area contributed by atoms with Crippen LogP contribution in [0, 0.1) is 0 Å². The van der Waals surface area contributed by atoms with Crippen molar-refractivity contribution in [3.8, 4) is 0 Å². The predicted molar refractivity (Wildman–Crippen MR) is 74.1 cm³/mol. The summed E-state index contributed by atoms with van der Waals surface area (Å²) in [6.07, 6.45) is 2.19. The highest BCUT2D eigenvalue weighted by Gasteiger charge is 2.22. The van der Waals surface area contributed by atoms with E-state index in [9.17, 15) is 4.79 Å². The lowest BCUT2D eigenvalue weighted by atomic mass is 9.99. The van der Waals surface area contributed by atoms with Gasteiger partial charge in [0.1, 0.15) is 0 Å². The lowest BCUT2D eigenvalue weighted by Gasteiger charge is -2.32. The van der Waals surface area contributed by atoms with Gasteiger partial charge in [0.2, 0.25) is 0 Å². The second kappa shape index (κ2) is 5.59. The van der Waals surface area contributed by atoms with Crippen molar-refractivity contribution in [3.63, 3.8) is 0 Å². The number of hydrogen-bond acceptors (Lipinski definition) is 3. The molecule has 1 aliphatic heterocycles. The van der Waals surface area contributed by atoms with E-state index in [1.54, 1.807) is 18.2 Å². The Kier molecular flexibility index (Phi) is 4.09. The molecular weight excluding hydrogens is 250 g/mol. The molecule has 2 atom stereocenters. The van der Waals surface area contributed by atoms with Crippen LogP contribution >= 0.6 is 11.6 Å². The molecule has 4 nitrogen and oxygen atoms in total. The SMILES string of the molecule is CC1NCCCC1Nc1cc(Cl)ccc1C(N)=O. The van der Waals surface area contributed by atoms with E-state index in [-0.39, 0.29) is 6.04 Å². The summed E-state index contributed by atoms with van der Waals surface area (Å²) in [6.45, 7) is 3.17. The lowest BCUT2D eigenvalue weighted by molar-refractivity contribution is 0.100. The summed E-state index contributed by atoms with van der Waals surface area (Å²) in [4.78, 5) is 11.4. The van der Waals surface area contributed by atoms with Crippen LogP contribution in [0.2, 0.25) is 5.02 Å². The van der Waals surface area contributed by atoms with Crippen LogP contribution in [0.25, 0.3) is 0 Å². The van der Waals surface area contributed by atoms with Gasteiger partial charge in [-0.2, -0.15) is 0 Å². The van der Waals surface area contributed by atoms with Gasteiger partial charge in [-0.15, -0.1) is 0 Å². The molecule has 1 amide bonds. The van der Waals surface area contributed by atoms with E-state index >= 15 is 0 Å². The van der Waals surface area contributed by atoms with Crippen LogP contribution in [0.5, 0.6) is 0 Å². The van der Waals surface area contributed by atoms with Gasteiger partial charge in [0, 0.05) is 22.8 Å². The minimum absolute atomic E-state index is 0.287. The number of nitrogens with one attached hydrogen (secondary N) is 2. The zero-order valence-electron chi connectivity index (χ0n) is 10.4. The maximum Gasteiger partial charge on any atom is 0.250 e. The average molecular weight is 268 g/mol. The molecule has 5 heteroatoms. The number of benzene rings is 1. The number of carbonyl (C=O) groups excluding carboxylic acids is 1. The fourth-order valence-corrected chi connectivity index (χ4v) is 2.46. The first kappa shape index (κ1) is 13.2. The number of hydrogen-bond donors (Lipinski definition) is 3. The third kappa shape index (κ3) is 2.94. The maximum atomic E-state index is 11.4. The standard InChI is InChI=1S/C13H18ClN3O/c1-8-11(3-2-6-16-8)17-12-7-9(14)4-5-10(12)13(15)18/h4-5,7-8,11,16-17H,2-3,6H2,1H3,(H2,15,18). The molecule has 1 aromatic carbocycles. The first-order chi connectivity index (χ1) is 8.58. The number of primary amides is 1. The van der Waals surface area contributed by atoms with Gasteiger partial charge in [-0.25, -0.2) is 0 Å². The van der Waals surface area contributed by atoms with Gasteiger partial charge in [0.25, 0.3) is 5.91 Å². The number of piperidine rings is 1. The van der Waals surface area contributed by atoms with Gasteiger partial charge in [-0.3, -0.25) is 4.79 Å². The van der Waals surface area contributed by atoms with Crippen molar-refractivity contribution in [1.82, 2.24) is 5.32 Å². The lowest BCUT2D eigenvalue weighted by Crippen LogP contribution is -2.46. The van der Waals surface area contributed by atoms with Crippen LogP contribution in [0.1, 0.15) is 30.1 Å². The van der Waals surface area contributed by atoms with Gasteiger partial charge >= 0.3 is 0 Å². The number of nitrogens with two attached hydrogens (primary N) is 1. The van der Waals surface area contributed by atoms with E-state index in [0.717, 1.165) is 25.1 Å². The van der Waals surface area contributed by atoms with E-state index in [1.165, 1.54) is 0 Å². The molecule has 0 aromatic heterocycles. The summed E-state index contributed by atoms with van der Waals surface area (Å²) in [5.74, 6) is -0.439. The Morgan fingerprint density at radius 3 is 3.00 bits per heavy atom. The highest BCUT2D eigenvalue weighted by atomic mass is 35.5. The van der Waals surface area contributed by atoms with Crippen molar-refractivity contribution < 1.29 is 4.79 Å². The van der Waals surface area contributed by atoms with Crippen LogP contribution in [-0.4, -0.2) is 24.5 Å². The number of halogens is 1. The second-order valence-electron chi connectivity index (χ2n) is 4.69. The van der Waals surface area contributed by atoms with Crippen molar-refractivity contribution in [3.05, 3.63) is 28.8 Å². The normalized spacial score (nSPS) is 23.7. The van der Waals surface area contributed by atoms with E-state index in [0.29, 0.717) is 16.6 Å². The van der Waals surface area contributed by atoms with Crippen molar-refractivity contribution in [1.29, 1.82) is 0 Å². The van der Waals surface area contributed by atoms with E-state index in [1.807, 2.05) is 0 Å². The molecule has 18 heavy (non-hydrogen) atoms. The highest BCUT2D eigenvalue weighted by Crippen LogP contribution is 2.23. The summed E-state index contributed by atoms with van der Waals surface area (Å²) < 4.78 is 0. The quantitative estimate of drug-likeness (QED) is 0.785. The first-order valence-electron chi connectivity index (χ1n) is 6.17. The molecule has 4 N–H and O–H groups in total. The van der Waals surface area contributed by atoms with Gasteiger partial charge in [0.15, 0.2) is 0 Å². The fraction of sp³-hybridized carbons (Fsp3) is 0.462. The van der Waals surface area contributed by atoms with Gasteiger partial charge in [-0.1, -0.05) is 11.6 Å².